The van der Waals surface area contributed by atoms with Crippen molar-refractivity contribution in [1.29, 1.82) is 0 Å². The Morgan fingerprint density at radius 3 is 1.67 bits per heavy atom. The van der Waals surface area contributed by atoms with Crippen molar-refractivity contribution in [3.05, 3.63) is 0 Å². The van der Waals surface area contributed by atoms with E-state index in [0.717, 1.165) is 0 Å². The first kappa shape index (κ1) is 11.5. The van der Waals surface area contributed by atoms with E-state index >= 15 is 0 Å². The molecular weight excluding hydrogens is 193 g/mol. The van der Waals surface area contributed by atoms with E-state index in [1.165, 1.54) is 0 Å². The summed E-state index contributed by atoms with van der Waals surface area (Å²) in [4.78, 5) is 0. The first-order valence-electron chi connectivity index (χ1n) is 2.81. The van der Waals surface area contributed by atoms with Crippen LogP contribution in [0, 0.1) is 0 Å². The highest BCUT2D eigenvalue weighted by Gasteiger charge is 2.62. The van der Waals surface area contributed by atoms with Crippen molar-refractivity contribution in [3.8, 4) is 0 Å². The van der Waals surface area contributed by atoms with Gasteiger partial charge in [-0.05, 0) is 0 Å². The predicted molar refractivity (Wildman–Crippen MR) is 26.7 cm³/mol. The molecule has 0 aliphatic carbocycles. The van der Waals surface area contributed by atoms with Crippen LogP contribution in [0.5, 0.6) is 0 Å². The minimum absolute atomic E-state index is 2.28. The number of hydrogen-bond acceptors (Lipinski definition) is 0. The SMILES string of the molecule is FCC(F)C(F)(F)C(F)(F)CF. The van der Waals surface area contributed by atoms with Gasteiger partial charge < -0.3 is 0 Å². The zero-order valence-electron chi connectivity index (χ0n) is 5.64. The van der Waals surface area contributed by atoms with E-state index in [2.05, 4.69) is 0 Å². The van der Waals surface area contributed by atoms with Gasteiger partial charge >= 0.3 is 11.8 Å². The van der Waals surface area contributed by atoms with Gasteiger partial charge in [0.05, 0.1) is 0 Å². The molecule has 0 saturated carbocycles. The summed E-state index contributed by atoms with van der Waals surface area (Å²) >= 11 is 0. The van der Waals surface area contributed by atoms with Gasteiger partial charge in [-0.3, -0.25) is 0 Å². The van der Waals surface area contributed by atoms with Crippen LogP contribution >= 0.6 is 0 Å². The lowest BCUT2D eigenvalue weighted by Gasteiger charge is -2.25. The van der Waals surface area contributed by atoms with Gasteiger partial charge in [-0.15, -0.1) is 0 Å². The maximum absolute atomic E-state index is 12.0. The molecule has 12 heavy (non-hydrogen) atoms. The molecule has 74 valence electrons. The van der Waals surface area contributed by atoms with E-state index in [0.29, 0.717) is 0 Å². The molecule has 1 atom stereocenters. The number of rotatable bonds is 4. The van der Waals surface area contributed by atoms with E-state index in [9.17, 15) is 30.7 Å². The maximum Gasteiger partial charge on any atom is 0.345 e. The molecule has 0 radical (unpaired) electrons. The van der Waals surface area contributed by atoms with Crippen LogP contribution in [0.2, 0.25) is 0 Å². The first-order chi connectivity index (χ1) is 5.29. The summed E-state index contributed by atoms with van der Waals surface area (Å²) in [5, 5.41) is 0. The summed E-state index contributed by atoms with van der Waals surface area (Å²) in [5.74, 6) is -10.4. The van der Waals surface area contributed by atoms with Crippen LogP contribution in [0.4, 0.5) is 30.7 Å². The molecule has 0 N–H and O–H groups in total. The number of hydrogen-bond donors (Lipinski definition) is 0. The molecular formula is C5H5F7. The highest BCUT2D eigenvalue weighted by Crippen LogP contribution is 2.38. The quantitative estimate of drug-likeness (QED) is 0.609. The van der Waals surface area contributed by atoms with Crippen molar-refractivity contribution < 1.29 is 30.7 Å². The molecule has 7 heteroatoms. The molecule has 0 fully saturated rings. The maximum atomic E-state index is 12.0. The van der Waals surface area contributed by atoms with Gasteiger partial charge in [-0.1, -0.05) is 0 Å². The third-order valence-electron chi connectivity index (χ3n) is 1.18. The van der Waals surface area contributed by atoms with Gasteiger partial charge in [0.2, 0.25) is 0 Å². The van der Waals surface area contributed by atoms with Crippen LogP contribution in [0.15, 0.2) is 0 Å². The zero-order chi connectivity index (χ0) is 9.99. The van der Waals surface area contributed by atoms with Crippen LogP contribution in [-0.2, 0) is 0 Å². The van der Waals surface area contributed by atoms with Crippen LogP contribution in [-0.4, -0.2) is 31.4 Å². The summed E-state index contributed by atoms with van der Waals surface area (Å²) in [6.45, 7) is -5.00. The second-order valence-corrected chi connectivity index (χ2v) is 2.08. The van der Waals surface area contributed by atoms with Crippen molar-refractivity contribution in [1.82, 2.24) is 0 Å². The topological polar surface area (TPSA) is 0 Å². The minimum Gasteiger partial charge on any atom is -0.248 e. The lowest BCUT2D eigenvalue weighted by molar-refractivity contribution is -0.245. The van der Waals surface area contributed by atoms with Crippen LogP contribution in [0.1, 0.15) is 0 Å². The monoisotopic (exact) mass is 198 g/mol. The predicted octanol–water partition coefficient (Wildman–Crippen LogP) is 2.53. The molecule has 0 aromatic rings. The van der Waals surface area contributed by atoms with Crippen molar-refractivity contribution in [2.75, 3.05) is 13.3 Å². The van der Waals surface area contributed by atoms with E-state index in [4.69, 9.17) is 0 Å². The molecule has 0 aromatic heterocycles. The van der Waals surface area contributed by atoms with Crippen molar-refractivity contribution in [3.63, 3.8) is 0 Å². The molecule has 0 nitrogen and oxygen atoms in total. The van der Waals surface area contributed by atoms with E-state index in [1.807, 2.05) is 0 Å². The number of halogens is 7. The summed E-state index contributed by atoms with van der Waals surface area (Å²) in [6, 6.07) is 0. The Labute approximate surface area is 63.4 Å². The second kappa shape index (κ2) is 3.49. The lowest BCUT2D eigenvalue weighted by Crippen LogP contribution is -2.50. The zero-order valence-corrected chi connectivity index (χ0v) is 5.64. The number of alkyl halides is 7. The molecule has 0 heterocycles. The first-order valence-corrected chi connectivity index (χ1v) is 2.81. The Kier molecular flexibility index (Phi) is 3.34. The Hall–Kier alpha value is -0.490. The molecule has 0 amide bonds. The lowest BCUT2D eigenvalue weighted by atomic mass is 10.1. The van der Waals surface area contributed by atoms with Crippen LogP contribution in [0.3, 0.4) is 0 Å². The summed E-state index contributed by atoms with van der Waals surface area (Å²) in [6.07, 6.45) is -3.68. The van der Waals surface area contributed by atoms with E-state index in [-0.39, 0.29) is 0 Å². The van der Waals surface area contributed by atoms with Crippen molar-refractivity contribution in [2.45, 2.75) is 18.0 Å². The Balaban J connectivity index is 4.58. The van der Waals surface area contributed by atoms with E-state index < -0.39 is 31.4 Å². The summed E-state index contributed by atoms with van der Waals surface area (Å²) in [5.41, 5.74) is 0. The van der Waals surface area contributed by atoms with Gasteiger partial charge in [0.15, 0.2) is 12.8 Å². The van der Waals surface area contributed by atoms with Crippen molar-refractivity contribution >= 4 is 0 Å². The molecule has 0 aliphatic rings. The van der Waals surface area contributed by atoms with Gasteiger partial charge in [-0.25, -0.2) is 13.2 Å². The molecule has 0 rings (SSSR count). The Morgan fingerprint density at radius 2 is 1.42 bits per heavy atom. The largest absolute Gasteiger partial charge is 0.345 e. The molecule has 0 aliphatic heterocycles. The average Bonchev–Trinajstić information content (AvgIpc) is 2.02. The highest BCUT2D eigenvalue weighted by atomic mass is 19.3. The normalized spacial score (nSPS) is 16.2. The van der Waals surface area contributed by atoms with Gasteiger partial charge in [0.25, 0.3) is 0 Å². The molecule has 0 bridgehead atoms. The second-order valence-electron chi connectivity index (χ2n) is 2.08. The smallest absolute Gasteiger partial charge is 0.248 e. The fourth-order valence-corrected chi connectivity index (χ4v) is 0.415. The fourth-order valence-electron chi connectivity index (χ4n) is 0.415. The van der Waals surface area contributed by atoms with Gasteiger partial charge in [-0.2, -0.15) is 17.6 Å². The van der Waals surface area contributed by atoms with Crippen LogP contribution in [0.25, 0.3) is 0 Å². The summed E-state index contributed by atoms with van der Waals surface area (Å²) in [7, 11) is 0. The van der Waals surface area contributed by atoms with Crippen LogP contribution < -0.4 is 0 Å². The van der Waals surface area contributed by atoms with Crippen molar-refractivity contribution in [2.24, 2.45) is 0 Å². The third-order valence-corrected chi connectivity index (χ3v) is 1.18. The van der Waals surface area contributed by atoms with Gasteiger partial charge in [0.1, 0.15) is 6.67 Å². The Morgan fingerprint density at radius 1 is 1.00 bits per heavy atom. The van der Waals surface area contributed by atoms with Gasteiger partial charge in [0, 0.05) is 0 Å². The third kappa shape index (κ3) is 1.81. The molecule has 0 spiro atoms. The standard InChI is InChI=1S/C5H5F7/c6-1-3(8)5(11,12)4(9,10)2-7/h3H,1-2H2. The minimum atomic E-state index is -5.30. The van der Waals surface area contributed by atoms with E-state index in [1.54, 1.807) is 0 Å². The highest BCUT2D eigenvalue weighted by molar-refractivity contribution is 4.90. The molecule has 0 aromatic carbocycles. The molecule has 0 saturated heterocycles. The average molecular weight is 198 g/mol. The summed E-state index contributed by atoms with van der Waals surface area (Å²) < 4.78 is 82.0. The fraction of sp³-hybridized carbons (Fsp3) is 1.00. The Bertz CT molecular complexity index is 143. The molecule has 1 unspecified atom stereocenters.